The summed E-state index contributed by atoms with van der Waals surface area (Å²) >= 11 is 6.07. The molecule has 1 atom stereocenters. The summed E-state index contributed by atoms with van der Waals surface area (Å²) in [5.41, 5.74) is 6.96. The monoisotopic (exact) mass is 372 g/mol. The molecule has 1 saturated carbocycles. The molecule has 1 aliphatic rings. The molecule has 0 bridgehead atoms. The molecule has 0 aromatic heterocycles. The van der Waals surface area contributed by atoms with Gasteiger partial charge in [0, 0.05) is 6.26 Å². The molecule has 132 valence electrons. The fraction of sp³-hybridized carbons (Fsp3) is 0.500. The van der Waals surface area contributed by atoms with Crippen LogP contribution in [0.3, 0.4) is 0 Å². The van der Waals surface area contributed by atoms with Gasteiger partial charge in [-0.05, 0) is 55.7 Å². The van der Waals surface area contributed by atoms with Crippen LogP contribution in [-0.4, -0.2) is 31.5 Å². The topological polar surface area (TPSA) is 110 Å². The van der Waals surface area contributed by atoms with E-state index in [1.54, 1.807) is 6.07 Å². The van der Waals surface area contributed by atoms with E-state index in [1.165, 1.54) is 12.1 Å². The molecule has 3 N–H and O–H groups in total. The Labute approximate surface area is 146 Å². The summed E-state index contributed by atoms with van der Waals surface area (Å²) < 4.78 is 23.3. The molecular weight excluding hydrogens is 352 g/mol. The van der Waals surface area contributed by atoms with Gasteiger partial charge in [0.2, 0.25) is 5.91 Å². The molecule has 0 spiro atoms. The van der Waals surface area contributed by atoms with Gasteiger partial charge in [-0.3, -0.25) is 4.79 Å². The Morgan fingerprint density at radius 1 is 1.42 bits per heavy atom. The van der Waals surface area contributed by atoms with Gasteiger partial charge >= 0.3 is 0 Å². The van der Waals surface area contributed by atoms with E-state index in [-0.39, 0.29) is 9.92 Å². The lowest BCUT2D eigenvalue weighted by Gasteiger charge is -2.26. The minimum absolute atomic E-state index is 0.0394. The lowest BCUT2D eigenvalue weighted by atomic mass is 9.80. The van der Waals surface area contributed by atoms with Crippen LogP contribution in [0.4, 0.5) is 0 Å². The SMILES string of the molecule is CS(=O)(=O)c1ccc(C(CC2CCC(=NO)CC2)C(N)=O)cc1Cl. The molecule has 0 aliphatic heterocycles. The number of nitrogens with two attached hydrogens (primary N) is 1. The standard InChI is InChI=1S/C16H21ClN2O4S/c1-24(22,23)15-7-4-11(9-14(15)17)13(16(18)20)8-10-2-5-12(19-21)6-3-10/h4,7,9-10,13,21H,2-3,5-6,8H2,1H3,(H2,18,20). The number of oxime groups is 1. The van der Waals surface area contributed by atoms with Gasteiger partial charge in [0.15, 0.2) is 9.84 Å². The third-order valence-electron chi connectivity index (χ3n) is 4.49. The van der Waals surface area contributed by atoms with Crippen molar-refractivity contribution in [2.24, 2.45) is 16.8 Å². The number of carbonyl (C=O) groups excluding carboxylic acids is 1. The van der Waals surface area contributed by atoms with Gasteiger partial charge in [-0.15, -0.1) is 0 Å². The third kappa shape index (κ3) is 4.48. The molecule has 6 nitrogen and oxygen atoms in total. The summed E-state index contributed by atoms with van der Waals surface area (Å²) in [4.78, 5) is 11.9. The van der Waals surface area contributed by atoms with Crippen molar-refractivity contribution in [2.75, 3.05) is 6.26 Å². The van der Waals surface area contributed by atoms with Crippen LogP contribution in [0.5, 0.6) is 0 Å². The van der Waals surface area contributed by atoms with E-state index in [1.807, 2.05) is 0 Å². The molecule has 1 fully saturated rings. The van der Waals surface area contributed by atoms with Crippen molar-refractivity contribution >= 4 is 33.1 Å². The van der Waals surface area contributed by atoms with Gasteiger partial charge in [-0.2, -0.15) is 0 Å². The predicted molar refractivity (Wildman–Crippen MR) is 92.3 cm³/mol. The lowest BCUT2D eigenvalue weighted by Crippen LogP contribution is -2.25. The molecule has 1 unspecified atom stereocenters. The second-order valence-corrected chi connectivity index (χ2v) is 8.65. The summed E-state index contributed by atoms with van der Waals surface area (Å²) in [5.74, 6) is -0.685. The zero-order valence-electron chi connectivity index (χ0n) is 13.4. The van der Waals surface area contributed by atoms with Crippen molar-refractivity contribution in [3.8, 4) is 0 Å². The lowest BCUT2D eigenvalue weighted by molar-refractivity contribution is -0.119. The number of hydrogen-bond donors (Lipinski definition) is 2. The van der Waals surface area contributed by atoms with E-state index in [0.717, 1.165) is 24.8 Å². The van der Waals surface area contributed by atoms with Crippen molar-refractivity contribution in [3.05, 3.63) is 28.8 Å². The van der Waals surface area contributed by atoms with E-state index >= 15 is 0 Å². The number of sulfone groups is 1. The van der Waals surface area contributed by atoms with E-state index < -0.39 is 21.7 Å². The van der Waals surface area contributed by atoms with Crippen molar-refractivity contribution in [1.29, 1.82) is 0 Å². The maximum atomic E-state index is 11.9. The van der Waals surface area contributed by atoms with Crippen molar-refractivity contribution in [1.82, 2.24) is 0 Å². The third-order valence-corrected chi connectivity index (χ3v) is 6.07. The van der Waals surface area contributed by atoms with Gasteiger partial charge in [-0.25, -0.2) is 8.42 Å². The smallest absolute Gasteiger partial charge is 0.224 e. The van der Waals surface area contributed by atoms with Crippen molar-refractivity contribution in [3.63, 3.8) is 0 Å². The first-order chi connectivity index (χ1) is 11.2. The minimum Gasteiger partial charge on any atom is -0.411 e. The Morgan fingerprint density at radius 2 is 2.04 bits per heavy atom. The molecule has 2 rings (SSSR count). The van der Waals surface area contributed by atoms with Gasteiger partial charge < -0.3 is 10.9 Å². The van der Waals surface area contributed by atoms with Gasteiger partial charge in [-0.1, -0.05) is 22.8 Å². The second-order valence-electron chi connectivity index (χ2n) is 6.26. The number of hydrogen-bond acceptors (Lipinski definition) is 5. The van der Waals surface area contributed by atoms with Crippen LogP contribution in [-0.2, 0) is 14.6 Å². The van der Waals surface area contributed by atoms with Gasteiger partial charge in [0.25, 0.3) is 0 Å². The Hall–Kier alpha value is -1.60. The summed E-state index contributed by atoms with van der Waals surface area (Å²) in [6.07, 6.45) is 4.74. The molecule has 1 aromatic rings. The summed E-state index contributed by atoms with van der Waals surface area (Å²) in [5, 5.41) is 12.1. The number of primary amides is 1. The highest BCUT2D eigenvalue weighted by molar-refractivity contribution is 7.90. The van der Waals surface area contributed by atoms with Crippen molar-refractivity contribution < 1.29 is 18.4 Å². The largest absolute Gasteiger partial charge is 0.411 e. The summed E-state index contributed by atoms with van der Waals surface area (Å²) in [6, 6.07) is 4.53. The zero-order chi connectivity index (χ0) is 17.9. The summed E-state index contributed by atoms with van der Waals surface area (Å²) in [7, 11) is -3.42. The van der Waals surface area contributed by atoms with Crippen LogP contribution in [0.25, 0.3) is 0 Å². The summed E-state index contributed by atoms with van der Waals surface area (Å²) in [6.45, 7) is 0. The quantitative estimate of drug-likeness (QED) is 0.611. The Bertz CT molecular complexity index is 751. The zero-order valence-corrected chi connectivity index (χ0v) is 15.0. The number of nitrogens with zero attached hydrogens (tertiary/aromatic N) is 1. The predicted octanol–water partition coefficient (Wildman–Crippen LogP) is 2.72. The van der Waals surface area contributed by atoms with Crippen LogP contribution in [0, 0.1) is 5.92 Å². The molecule has 0 saturated heterocycles. The van der Waals surface area contributed by atoms with Crippen LogP contribution in [0.15, 0.2) is 28.3 Å². The Kier molecular flexibility index (Phi) is 5.87. The minimum atomic E-state index is -3.42. The van der Waals surface area contributed by atoms with E-state index in [9.17, 15) is 13.2 Å². The molecular formula is C16H21ClN2O4S. The number of benzene rings is 1. The first-order valence-electron chi connectivity index (χ1n) is 7.71. The highest BCUT2D eigenvalue weighted by atomic mass is 35.5. The molecule has 0 heterocycles. The molecule has 0 radical (unpaired) electrons. The first kappa shape index (κ1) is 18.7. The molecule has 8 heteroatoms. The molecule has 1 aromatic carbocycles. The Morgan fingerprint density at radius 3 is 2.50 bits per heavy atom. The number of amides is 1. The molecule has 1 aliphatic carbocycles. The van der Waals surface area contributed by atoms with Crippen LogP contribution in [0.1, 0.15) is 43.6 Å². The van der Waals surface area contributed by atoms with Gasteiger partial charge in [0.05, 0.1) is 21.5 Å². The highest BCUT2D eigenvalue weighted by Crippen LogP contribution is 2.34. The fourth-order valence-electron chi connectivity index (χ4n) is 3.13. The first-order valence-corrected chi connectivity index (χ1v) is 9.98. The average molecular weight is 373 g/mol. The van der Waals surface area contributed by atoms with E-state index in [0.29, 0.717) is 30.7 Å². The van der Waals surface area contributed by atoms with Crippen LogP contribution >= 0.6 is 11.6 Å². The molecule has 24 heavy (non-hydrogen) atoms. The van der Waals surface area contributed by atoms with E-state index in [2.05, 4.69) is 5.16 Å². The highest BCUT2D eigenvalue weighted by Gasteiger charge is 2.27. The number of halogens is 1. The van der Waals surface area contributed by atoms with Crippen LogP contribution < -0.4 is 5.73 Å². The fourth-order valence-corrected chi connectivity index (χ4v) is 4.47. The maximum Gasteiger partial charge on any atom is 0.224 e. The Balaban J connectivity index is 2.20. The van der Waals surface area contributed by atoms with E-state index in [4.69, 9.17) is 22.5 Å². The maximum absolute atomic E-state index is 11.9. The van der Waals surface area contributed by atoms with Gasteiger partial charge in [0.1, 0.15) is 0 Å². The average Bonchev–Trinajstić information content (AvgIpc) is 2.51. The number of rotatable bonds is 5. The normalized spacial score (nSPS) is 19.8. The second kappa shape index (κ2) is 7.53. The molecule has 1 amide bonds. The van der Waals surface area contributed by atoms with Crippen LogP contribution in [0.2, 0.25) is 5.02 Å². The van der Waals surface area contributed by atoms with Crippen molar-refractivity contribution in [2.45, 2.75) is 42.9 Å². The number of carbonyl (C=O) groups is 1.